The van der Waals surface area contributed by atoms with Gasteiger partial charge in [-0.05, 0) is 43.2 Å². The molecule has 0 N–H and O–H groups in total. The van der Waals surface area contributed by atoms with Crippen molar-refractivity contribution in [1.82, 2.24) is 9.55 Å². The zero-order valence-electron chi connectivity index (χ0n) is 15.3. The molecule has 7 heteroatoms. The molecule has 0 amide bonds. The first-order chi connectivity index (χ1) is 13.5. The van der Waals surface area contributed by atoms with Crippen LogP contribution in [0, 0.1) is 12.4 Å². The van der Waals surface area contributed by atoms with Crippen LogP contribution in [-0.2, 0) is 16.0 Å². The molecule has 0 aliphatic heterocycles. The minimum atomic E-state index is -0.396. The molecule has 142 valence electrons. The van der Waals surface area contributed by atoms with Crippen LogP contribution in [0.5, 0.6) is 0 Å². The third-order valence-corrected chi connectivity index (χ3v) is 4.40. The topological polar surface area (TPSA) is 65.5 Å². The van der Waals surface area contributed by atoms with Gasteiger partial charge in [0.15, 0.2) is 5.69 Å². The van der Waals surface area contributed by atoms with E-state index in [2.05, 4.69) is 14.6 Å². The Balaban J connectivity index is 2.05. The van der Waals surface area contributed by atoms with Crippen molar-refractivity contribution >= 4 is 22.6 Å². The number of methoxy groups -OCH3 is 1. The highest BCUT2D eigenvalue weighted by molar-refractivity contribution is 5.82. The smallest absolute Gasteiger partial charge is 0.305 e. The molecule has 0 aliphatic rings. The number of nitrogens with zero attached hydrogens (tertiary/aromatic N) is 3. The number of esters is 1. The van der Waals surface area contributed by atoms with Gasteiger partial charge in [0.1, 0.15) is 11.6 Å². The van der Waals surface area contributed by atoms with Gasteiger partial charge in [0.05, 0.1) is 30.3 Å². The van der Waals surface area contributed by atoms with E-state index >= 15 is 0 Å². The number of aryl methyl sites for hydroxylation is 1. The van der Waals surface area contributed by atoms with E-state index in [-0.39, 0.29) is 17.9 Å². The number of aromatic nitrogens is 2. The average molecular weight is 379 g/mol. The van der Waals surface area contributed by atoms with Crippen molar-refractivity contribution in [3.8, 4) is 5.69 Å². The Morgan fingerprint density at radius 1 is 1.21 bits per heavy atom. The van der Waals surface area contributed by atoms with Crippen molar-refractivity contribution in [1.29, 1.82) is 0 Å². The molecule has 0 unspecified atom stereocenters. The van der Waals surface area contributed by atoms with Crippen LogP contribution in [-0.4, -0.2) is 22.6 Å². The molecule has 0 bridgehead atoms. The fraction of sp³-hybridized carbons (Fsp3) is 0.238. The third-order valence-electron chi connectivity index (χ3n) is 4.40. The molecule has 3 aromatic rings. The Morgan fingerprint density at radius 3 is 2.64 bits per heavy atom. The van der Waals surface area contributed by atoms with Crippen LogP contribution in [0.25, 0.3) is 21.4 Å². The van der Waals surface area contributed by atoms with Gasteiger partial charge in [0.2, 0.25) is 0 Å². The van der Waals surface area contributed by atoms with Gasteiger partial charge in [0, 0.05) is 12.8 Å². The minimum Gasteiger partial charge on any atom is -0.469 e. The lowest BCUT2D eigenvalue weighted by Crippen LogP contribution is -2.24. The van der Waals surface area contributed by atoms with Gasteiger partial charge >= 0.3 is 5.97 Å². The fourth-order valence-corrected chi connectivity index (χ4v) is 2.97. The third kappa shape index (κ3) is 4.07. The molecule has 0 saturated carbocycles. The number of rotatable bonds is 6. The predicted molar refractivity (Wildman–Crippen MR) is 103 cm³/mol. The maximum Gasteiger partial charge on any atom is 0.305 e. The van der Waals surface area contributed by atoms with Crippen LogP contribution in [0.15, 0.2) is 47.3 Å². The van der Waals surface area contributed by atoms with Gasteiger partial charge < -0.3 is 4.74 Å². The van der Waals surface area contributed by atoms with E-state index in [9.17, 15) is 14.0 Å². The molecule has 0 atom stereocenters. The van der Waals surface area contributed by atoms with Crippen LogP contribution in [0.3, 0.4) is 0 Å². The number of carbonyl (C=O) groups is 1. The summed E-state index contributed by atoms with van der Waals surface area (Å²) in [7, 11) is 1.34. The van der Waals surface area contributed by atoms with Crippen molar-refractivity contribution in [2.45, 2.75) is 25.7 Å². The number of halogens is 1. The van der Waals surface area contributed by atoms with Crippen molar-refractivity contribution in [3.63, 3.8) is 0 Å². The molecule has 2 aromatic carbocycles. The summed E-state index contributed by atoms with van der Waals surface area (Å²) in [6.45, 7) is 7.15. The molecule has 0 saturated heterocycles. The van der Waals surface area contributed by atoms with Crippen LogP contribution in [0.4, 0.5) is 10.1 Å². The highest BCUT2D eigenvalue weighted by atomic mass is 19.1. The highest BCUT2D eigenvalue weighted by Crippen LogP contribution is 2.20. The molecular formula is C21H18FN3O3. The molecule has 1 heterocycles. The molecule has 6 nitrogen and oxygen atoms in total. The standard InChI is InChI=1S/C21H18FN3O3/c1-23-15-9-12-17-18(13-15)24-19(5-3-4-6-20(26)28-2)25(21(17)27)16-10-7-14(22)8-11-16/h7-13H,3-6H2,2H3. The van der Waals surface area contributed by atoms with E-state index in [4.69, 9.17) is 6.57 Å². The summed E-state index contributed by atoms with van der Waals surface area (Å²) >= 11 is 0. The quantitative estimate of drug-likeness (QED) is 0.369. The number of carbonyl (C=O) groups excluding carboxylic acids is 1. The summed E-state index contributed by atoms with van der Waals surface area (Å²) in [6.07, 6.45) is 1.94. The van der Waals surface area contributed by atoms with Crippen molar-refractivity contribution < 1.29 is 13.9 Å². The number of benzene rings is 2. The second kappa shape index (κ2) is 8.44. The summed E-state index contributed by atoms with van der Waals surface area (Å²) in [5.74, 6) is -0.188. The summed E-state index contributed by atoms with van der Waals surface area (Å²) in [5.41, 5.74) is 1.07. The van der Waals surface area contributed by atoms with Crippen LogP contribution >= 0.6 is 0 Å². The summed E-state index contributed by atoms with van der Waals surface area (Å²) in [4.78, 5) is 32.4. The second-order valence-corrected chi connectivity index (χ2v) is 6.24. The van der Waals surface area contributed by atoms with Crippen molar-refractivity contribution in [2.75, 3.05) is 7.11 Å². The second-order valence-electron chi connectivity index (χ2n) is 6.24. The maximum atomic E-state index is 13.3. The monoisotopic (exact) mass is 379 g/mol. The molecule has 0 fully saturated rings. The number of hydrogen-bond acceptors (Lipinski definition) is 4. The maximum absolute atomic E-state index is 13.3. The lowest BCUT2D eigenvalue weighted by atomic mass is 10.1. The molecule has 28 heavy (non-hydrogen) atoms. The fourth-order valence-electron chi connectivity index (χ4n) is 2.97. The lowest BCUT2D eigenvalue weighted by Gasteiger charge is -2.14. The Hall–Kier alpha value is -3.53. The zero-order chi connectivity index (χ0) is 20.1. The average Bonchev–Trinajstić information content (AvgIpc) is 2.71. The van der Waals surface area contributed by atoms with E-state index < -0.39 is 5.82 Å². The SMILES string of the molecule is [C-]#[N+]c1ccc2c(=O)n(-c3ccc(F)cc3)c(CCCCC(=O)OC)nc2c1. The number of unbranched alkanes of at least 4 members (excludes halogenated alkanes) is 1. The Bertz CT molecular complexity index is 1110. The predicted octanol–water partition coefficient (Wildman–Crippen LogP) is 3.96. The first-order valence-corrected chi connectivity index (χ1v) is 8.79. The van der Waals surface area contributed by atoms with Crippen LogP contribution < -0.4 is 5.56 Å². The zero-order valence-corrected chi connectivity index (χ0v) is 15.3. The van der Waals surface area contributed by atoms with E-state index in [1.807, 2.05) is 0 Å². The van der Waals surface area contributed by atoms with Crippen LogP contribution in [0.2, 0.25) is 0 Å². The van der Waals surface area contributed by atoms with E-state index in [0.29, 0.717) is 47.4 Å². The van der Waals surface area contributed by atoms with Crippen LogP contribution in [0.1, 0.15) is 25.1 Å². The summed E-state index contributed by atoms with van der Waals surface area (Å²) in [6, 6.07) is 10.4. The van der Waals surface area contributed by atoms with Gasteiger partial charge in [0.25, 0.3) is 5.56 Å². The van der Waals surface area contributed by atoms with Gasteiger partial charge in [-0.15, -0.1) is 0 Å². The number of ether oxygens (including phenoxy) is 1. The van der Waals surface area contributed by atoms with Gasteiger partial charge in [-0.1, -0.05) is 12.1 Å². The van der Waals surface area contributed by atoms with Crippen molar-refractivity contribution in [3.05, 3.63) is 75.9 Å². The van der Waals surface area contributed by atoms with E-state index in [1.165, 1.54) is 35.9 Å². The molecule has 0 radical (unpaired) electrons. The summed E-state index contributed by atoms with van der Waals surface area (Å²) < 4.78 is 19.4. The molecule has 1 aromatic heterocycles. The Labute approximate surface area is 161 Å². The number of fused-ring (bicyclic) bond motifs is 1. The molecule has 0 aliphatic carbocycles. The Kier molecular flexibility index (Phi) is 5.80. The van der Waals surface area contributed by atoms with Gasteiger partial charge in [-0.25, -0.2) is 14.2 Å². The summed E-state index contributed by atoms with van der Waals surface area (Å²) in [5, 5.41) is 0.384. The Morgan fingerprint density at radius 2 is 1.96 bits per heavy atom. The lowest BCUT2D eigenvalue weighted by molar-refractivity contribution is -0.140. The molecule has 3 rings (SSSR count). The van der Waals surface area contributed by atoms with Gasteiger partial charge in [-0.3, -0.25) is 14.2 Å². The van der Waals surface area contributed by atoms with E-state index in [0.717, 1.165) is 0 Å². The molecule has 0 spiro atoms. The largest absolute Gasteiger partial charge is 0.469 e. The van der Waals surface area contributed by atoms with E-state index in [1.54, 1.807) is 18.2 Å². The number of hydrogen-bond donors (Lipinski definition) is 0. The minimum absolute atomic E-state index is 0.281. The first-order valence-electron chi connectivity index (χ1n) is 8.79. The van der Waals surface area contributed by atoms with Crippen molar-refractivity contribution in [2.24, 2.45) is 0 Å². The normalized spacial score (nSPS) is 10.6. The van der Waals surface area contributed by atoms with Gasteiger partial charge in [-0.2, -0.15) is 0 Å². The highest BCUT2D eigenvalue weighted by Gasteiger charge is 2.14. The first kappa shape index (κ1) is 19.2. The molecular weight excluding hydrogens is 361 g/mol.